The van der Waals surface area contributed by atoms with Crippen molar-refractivity contribution in [1.82, 2.24) is 35.4 Å². The largest absolute Gasteiger partial charge is 0.497 e. The van der Waals surface area contributed by atoms with Gasteiger partial charge in [0.05, 0.1) is 19.7 Å². The first-order valence-electron chi connectivity index (χ1n) is 12.9. The van der Waals surface area contributed by atoms with E-state index in [1.165, 1.54) is 27.4 Å². The van der Waals surface area contributed by atoms with E-state index in [-0.39, 0.29) is 18.4 Å². The first-order valence-corrected chi connectivity index (χ1v) is 14.5. The number of benzene rings is 2. The molecule has 0 saturated heterocycles. The molecule has 0 atom stereocenters. The number of hydrogen-bond acceptors (Lipinski definition) is 11. The van der Waals surface area contributed by atoms with Crippen molar-refractivity contribution in [1.29, 1.82) is 0 Å². The zero-order valence-electron chi connectivity index (χ0n) is 22.2. The van der Waals surface area contributed by atoms with Crippen LogP contribution in [0.5, 0.6) is 5.75 Å². The Bertz CT molecular complexity index is 1600. The molecule has 41 heavy (non-hydrogen) atoms. The van der Waals surface area contributed by atoms with Gasteiger partial charge >= 0.3 is 0 Å². The third-order valence-corrected chi connectivity index (χ3v) is 7.67. The summed E-state index contributed by atoms with van der Waals surface area (Å²) in [4.78, 5) is 24.7. The Hall–Kier alpha value is -4.56. The molecule has 0 aliphatic heterocycles. The van der Waals surface area contributed by atoms with Crippen LogP contribution in [0.25, 0.3) is 11.3 Å². The number of aryl methyl sites for hydroxylation is 2. The van der Waals surface area contributed by atoms with Gasteiger partial charge in [-0.2, -0.15) is 0 Å². The molecule has 2 N–H and O–H groups in total. The first kappa shape index (κ1) is 28.0. The molecule has 0 saturated carbocycles. The van der Waals surface area contributed by atoms with Crippen LogP contribution >= 0.6 is 22.7 Å². The topological polar surface area (TPSA) is 150 Å². The normalized spacial score (nSPS) is 10.9. The van der Waals surface area contributed by atoms with Crippen molar-refractivity contribution in [3.8, 4) is 17.0 Å². The molecular formula is C27H27N9O3S2. The second-order valence-corrected chi connectivity index (χ2v) is 11.1. The number of ether oxygens (including phenoxy) is 1. The maximum atomic E-state index is 12.5. The van der Waals surface area contributed by atoms with Gasteiger partial charge in [0.15, 0.2) is 0 Å². The fourth-order valence-corrected chi connectivity index (χ4v) is 5.50. The van der Waals surface area contributed by atoms with E-state index in [9.17, 15) is 9.59 Å². The second-order valence-electron chi connectivity index (χ2n) is 9.00. The average Bonchev–Trinajstić information content (AvgIpc) is 3.74. The number of unbranched alkanes of at least 4 members (excludes halogenated alkanes) is 1. The summed E-state index contributed by atoms with van der Waals surface area (Å²) in [5.41, 5.74) is 2.44. The van der Waals surface area contributed by atoms with Crippen molar-refractivity contribution in [2.24, 2.45) is 0 Å². The molecule has 210 valence electrons. The summed E-state index contributed by atoms with van der Waals surface area (Å²) in [6.07, 6.45) is 5.26. The molecule has 0 bridgehead atoms. The number of amides is 2. The molecule has 3 heterocycles. The molecule has 3 aromatic heterocycles. The molecule has 0 aliphatic carbocycles. The molecule has 0 radical (unpaired) electrons. The standard InChI is InChI=1S/C27H27N9O3S2/c1-39-20-11-7-10-19(15-20)21-16-36(35-30-21)17-23(38)29-27-34-32-25(41-27)13-6-5-12-24-31-33-26(40-24)28-22(37)14-18-8-3-2-4-9-18/h2-4,7-11,15-16H,5-6,12-14,17H2,1H3,(H,28,33,37)(H,29,34,38). The van der Waals surface area contributed by atoms with Crippen LogP contribution in [-0.2, 0) is 35.4 Å². The van der Waals surface area contributed by atoms with Gasteiger partial charge in [-0.15, -0.1) is 25.5 Å². The molecule has 5 aromatic rings. The van der Waals surface area contributed by atoms with E-state index < -0.39 is 0 Å². The maximum absolute atomic E-state index is 12.5. The number of hydrogen-bond donors (Lipinski definition) is 2. The van der Waals surface area contributed by atoms with E-state index in [2.05, 4.69) is 41.3 Å². The van der Waals surface area contributed by atoms with E-state index in [1.54, 1.807) is 13.3 Å². The van der Waals surface area contributed by atoms with Crippen LogP contribution in [0.4, 0.5) is 10.3 Å². The Labute approximate surface area is 243 Å². The fourth-order valence-electron chi connectivity index (χ4n) is 3.90. The monoisotopic (exact) mass is 589 g/mol. The Morgan fingerprint density at radius 2 is 1.51 bits per heavy atom. The van der Waals surface area contributed by atoms with Gasteiger partial charge in [0.2, 0.25) is 22.1 Å². The number of rotatable bonds is 13. The lowest BCUT2D eigenvalue weighted by atomic mass is 10.1. The number of carbonyl (C=O) groups excluding carboxylic acids is 2. The Balaban J connectivity index is 1.02. The van der Waals surface area contributed by atoms with Gasteiger partial charge in [-0.1, -0.05) is 70.4 Å². The van der Waals surface area contributed by atoms with Gasteiger partial charge in [0.25, 0.3) is 0 Å². The zero-order chi connectivity index (χ0) is 28.4. The first-order chi connectivity index (χ1) is 20.0. The molecule has 12 nitrogen and oxygen atoms in total. The van der Waals surface area contributed by atoms with E-state index in [4.69, 9.17) is 4.74 Å². The minimum absolute atomic E-state index is 0.00241. The second kappa shape index (κ2) is 13.7. The van der Waals surface area contributed by atoms with Crippen molar-refractivity contribution in [2.75, 3.05) is 17.7 Å². The highest BCUT2D eigenvalue weighted by Crippen LogP contribution is 2.22. The van der Waals surface area contributed by atoms with E-state index >= 15 is 0 Å². The van der Waals surface area contributed by atoms with Gasteiger partial charge in [-0.05, 0) is 30.5 Å². The van der Waals surface area contributed by atoms with Crippen molar-refractivity contribution >= 4 is 44.8 Å². The van der Waals surface area contributed by atoms with E-state index in [1.807, 2.05) is 54.6 Å². The van der Waals surface area contributed by atoms with Crippen LogP contribution in [0.1, 0.15) is 28.4 Å². The predicted molar refractivity (Wildman–Crippen MR) is 156 cm³/mol. The fraction of sp³-hybridized carbons (Fsp3) is 0.259. The van der Waals surface area contributed by atoms with Crippen molar-refractivity contribution in [2.45, 2.75) is 38.6 Å². The van der Waals surface area contributed by atoms with Gasteiger partial charge in [0.1, 0.15) is 28.0 Å². The number of nitrogens with one attached hydrogen (secondary N) is 2. The van der Waals surface area contributed by atoms with Gasteiger partial charge in [-0.3, -0.25) is 14.9 Å². The highest BCUT2D eigenvalue weighted by molar-refractivity contribution is 7.15. The van der Waals surface area contributed by atoms with Gasteiger partial charge in [0, 0.05) is 18.4 Å². The van der Waals surface area contributed by atoms with Crippen molar-refractivity contribution in [3.63, 3.8) is 0 Å². The summed E-state index contributed by atoms with van der Waals surface area (Å²) < 4.78 is 6.72. The lowest BCUT2D eigenvalue weighted by molar-refractivity contribution is -0.117. The van der Waals surface area contributed by atoms with Crippen molar-refractivity contribution < 1.29 is 14.3 Å². The lowest BCUT2D eigenvalue weighted by Crippen LogP contribution is -2.19. The zero-order valence-corrected chi connectivity index (χ0v) is 23.8. The molecule has 0 fully saturated rings. The van der Waals surface area contributed by atoms with Gasteiger partial charge in [-0.25, -0.2) is 4.68 Å². The van der Waals surface area contributed by atoms with Crippen LogP contribution in [0.15, 0.2) is 60.8 Å². The van der Waals surface area contributed by atoms with Crippen LogP contribution in [0, 0.1) is 0 Å². The molecule has 5 rings (SSSR count). The highest BCUT2D eigenvalue weighted by atomic mass is 32.1. The number of aromatic nitrogens is 7. The number of anilines is 2. The smallest absolute Gasteiger partial charge is 0.247 e. The summed E-state index contributed by atoms with van der Waals surface area (Å²) in [5.74, 6) is 0.339. The number of methoxy groups -OCH3 is 1. The highest BCUT2D eigenvalue weighted by Gasteiger charge is 2.12. The molecule has 2 amide bonds. The van der Waals surface area contributed by atoms with Crippen LogP contribution in [0.3, 0.4) is 0 Å². The summed E-state index contributed by atoms with van der Waals surface area (Å²) >= 11 is 2.74. The van der Waals surface area contributed by atoms with E-state index in [0.717, 1.165) is 52.6 Å². The van der Waals surface area contributed by atoms with Crippen LogP contribution in [0.2, 0.25) is 0 Å². The van der Waals surface area contributed by atoms with Gasteiger partial charge < -0.3 is 10.1 Å². The summed E-state index contributed by atoms with van der Waals surface area (Å²) in [5, 5.41) is 33.0. The molecule has 2 aromatic carbocycles. The minimum atomic E-state index is -0.266. The number of nitrogens with zero attached hydrogens (tertiary/aromatic N) is 7. The Morgan fingerprint density at radius 1 is 0.829 bits per heavy atom. The molecule has 0 aliphatic rings. The van der Waals surface area contributed by atoms with Crippen molar-refractivity contribution in [3.05, 3.63) is 76.4 Å². The third-order valence-electron chi connectivity index (χ3n) is 5.87. The molecular weight excluding hydrogens is 562 g/mol. The number of carbonyl (C=O) groups is 2. The SMILES string of the molecule is COc1cccc(-c2cn(CC(=O)Nc3nnc(CCCCc4nnc(NC(=O)Cc5ccccc5)s4)s3)nn2)c1. The molecule has 0 spiro atoms. The third kappa shape index (κ3) is 8.22. The summed E-state index contributed by atoms with van der Waals surface area (Å²) in [6, 6.07) is 17.0. The molecule has 0 unspecified atom stereocenters. The summed E-state index contributed by atoms with van der Waals surface area (Å²) in [7, 11) is 1.60. The van der Waals surface area contributed by atoms with Crippen LogP contribution < -0.4 is 15.4 Å². The lowest BCUT2D eigenvalue weighted by Gasteiger charge is -2.01. The van der Waals surface area contributed by atoms with Crippen LogP contribution in [-0.4, -0.2) is 54.3 Å². The average molecular weight is 590 g/mol. The van der Waals surface area contributed by atoms with E-state index in [0.29, 0.717) is 22.4 Å². The summed E-state index contributed by atoms with van der Waals surface area (Å²) in [6.45, 7) is 0.00241. The predicted octanol–water partition coefficient (Wildman–Crippen LogP) is 4.04. The minimum Gasteiger partial charge on any atom is -0.497 e. The molecule has 14 heteroatoms. The maximum Gasteiger partial charge on any atom is 0.247 e. The Morgan fingerprint density at radius 3 is 2.20 bits per heavy atom. The Kier molecular flexibility index (Phi) is 9.34. The quantitative estimate of drug-likeness (QED) is 0.194.